The molecule has 2 heterocycles. The third-order valence-corrected chi connectivity index (χ3v) is 5.29. The molecule has 1 atom stereocenters. The van der Waals surface area contributed by atoms with E-state index in [1.807, 2.05) is 0 Å². The maximum atomic E-state index is 12.6. The predicted molar refractivity (Wildman–Crippen MR) is 94.5 cm³/mol. The van der Waals surface area contributed by atoms with Crippen LogP contribution in [0.25, 0.3) is 0 Å². The molecule has 0 radical (unpaired) electrons. The topological polar surface area (TPSA) is 111 Å². The highest BCUT2D eigenvalue weighted by atomic mass is 32.1. The monoisotopic (exact) mass is 377 g/mol. The molecule has 0 saturated carbocycles. The number of rotatable bonds is 4. The number of imide groups is 1. The molecule has 0 saturated heterocycles. The molecular formula is C17H19N3O5S. The Morgan fingerprint density at radius 3 is 2.88 bits per heavy atom. The van der Waals surface area contributed by atoms with Gasteiger partial charge in [-0.2, -0.15) is 0 Å². The summed E-state index contributed by atoms with van der Waals surface area (Å²) < 4.78 is 9.62. The molecule has 0 spiro atoms. The Balaban J connectivity index is 1.91. The number of thiophene rings is 1. The van der Waals surface area contributed by atoms with Crippen LogP contribution in [0.1, 0.15) is 51.6 Å². The lowest BCUT2D eigenvalue weighted by Crippen LogP contribution is -2.32. The van der Waals surface area contributed by atoms with Gasteiger partial charge in [-0.05, 0) is 37.7 Å². The van der Waals surface area contributed by atoms with Crippen LogP contribution in [0.15, 0.2) is 16.8 Å². The molecule has 9 heteroatoms. The number of nitrogens with one attached hydrogen (secondary N) is 2. The van der Waals surface area contributed by atoms with Crippen molar-refractivity contribution in [3.63, 3.8) is 0 Å². The van der Waals surface area contributed by atoms with Crippen molar-refractivity contribution in [1.29, 1.82) is 0 Å². The molecule has 0 aliphatic heterocycles. The van der Waals surface area contributed by atoms with Crippen LogP contribution in [0.4, 0.5) is 9.80 Å². The van der Waals surface area contributed by atoms with E-state index in [0.29, 0.717) is 16.5 Å². The van der Waals surface area contributed by atoms with Crippen LogP contribution in [-0.4, -0.2) is 29.7 Å². The van der Waals surface area contributed by atoms with Crippen LogP contribution >= 0.6 is 11.3 Å². The summed E-state index contributed by atoms with van der Waals surface area (Å²) in [6.07, 6.45) is 3.05. The highest BCUT2D eigenvalue weighted by Crippen LogP contribution is 2.39. The molecule has 0 bridgehead atoms. The Bertz CT molecular complexity index is 828. The van der Waals surface area contributed by atoms with E-state index in [0.717, 1.165) is 29.7 Å². The fourth-order valence-electron chi connectivity index (χ4n) is 2.90. The number of anilines is 1. The van der Waals surface area contributed by atoms with Crippen molar-refractivity contribution in [2.24, 2.45) is 5.92 Å². The summed E-state index contributed by atoms with van der Waals surface area (Å²) in [4.78, 5) is 37.6. The number of alkyl carbamates (subject to hydrolysis) is 1. The second kappa shape index (κ2) is 7.69. The average molecular weight is 377 g/mol. The Morgan fingerprint density at radius 2 is 2.19 bits per heavy atom. The van der Waals surface area contributed by atoms with Gasteiger partial charge in [-0.1, -0.05) is 12.1 Å². The highest BCUT2D eigenvalue weighted by Gasteiger charge is 2.29. The Hall–Kier alpha value is -2.68. The Morgan fingerprint density at radius 1 is 1.38 bits per heavy atom. The van der Waals surface area contributed by atoms with Crippen molar-refractivity contribution in [2.75, 3.05) is 11.9 Å². The molecule has 3 amide bonds. The zero-order valence-corrected chi connectivity index (χ0v) is 15.3. The van der Waals surface area contributed by atoms with Crippen LogP contribution in [0.3, 0.4) is 0 Å². The lowest BCUT2D eigenvalue weighted by Gasteiger charge is -2.18. The van der Waals surface area contributed by atoms with Gasteiger partial charge in [-0.15, -0.1) is 11.3 Å². The largest absolute Gasteiger partial charge is 0.450 e. The molecule has 3 rings (SSSR count). The molecule has 26 heavy (non-hydrogen) atoms. The van der Waals surface area contributed by atoms with Gasteiger partial charge in [0.2, 0.25) is 5.76 Å². The van der Waals surface area contributed by atoms with Gasteiger partial charge in [-0.3, -0.25) is 14.9 Å². The van der Waals surface area contributed by atoms with E-state index in [2.05, 4.69) is 22.7 Å². The minimum absolute atomic E-state index is 0.0430. The van der Waals surface area contributed by atoms with Gasteiger partial charge in [0.05, 0.1) is 18.4 Å². The Labute approximate surface area is 153 Å². The van der Waals surface area contributed by atoms with Gasteiger partial charge < -0.3 is 14.6 Å². The first-order chi connectivity index (χ1) is 12.5. The highest BCUT2D eigenvalue weighted by molar-refractivity contribution is 7.17. The first-order valence-electron chi connectivity index (χ1n) is 8.34. The summed E-state index contributed by atoms with van der Waals surface area (Å²) in [5.74, 6) is -0.538. The molecule has 2 aromatic rings. The van der Waals surface area contributed by atoms with Crippen LogP contribution in [-0.2, 0) is 17.6 Å². The second-order valence-corrected chi connectivity index (χ2v) is 7.17. The maximum absolute atomic E-state index is 12.6. The summed E-state index contributed by atoms with van der Waals surface area (Å²) in [7, 11) is 0. The molecule has 1 unspecified atom stereocenters. The number of aromatic nitrogens is 1. The summed E-state index contributed by atoms with van der Waals surface area (Å²) in [5, 5.41) is 8.82. The lowest BCUT2D eigenvalue weighted by molar-refractivity contribution is 0.0925. The van der Waals surface area contributed by atoms with Gasteiger partial charge in [0.25, 0.3) is 11.8 Å². The summed E-state index contributed by atoms with van der Waals surface area (Å²) in [5.41, 5.74) is 1.19. The quantitative estimate of drug-likeness (QED) is 0.847. The number of ether oxygens (including phenoxy) is 1. The molecule has 138 valence electrons. The van der Waals surface area contributed by atoms with E-state index in [1.165, 1.54) is 23.6 Å². The predicted octanol–water partition coefficient (Wildman–Crippen LogP) is 3.00. The molecule has 1 aliphatic rings. The van der Waals surface area contributed by atoms with Crippen molar-refractivity contribution < 1.29 is 23.6 Å². The van der Waals surface area contributed by atoms with Crippen LogP contribution < -0.4 is 10.6 Å². The lowest BCUT2D eigenvalue weighted by atomic mass is 9.88. The number of amides is 3. The third-order valence-electron chi connectivity index (χ3n) is 4.12. The normalized spacial score (nSPS) is 15.8. The van der Waals surface area contributed by atoms with Crippen LogP contribution in [0.5, 0.6) is 0 Å². The Kier molecular flexibility index (Phi) is 5.36. The van der Waals surface area contributed by atoms with Crippen molar-refractivity contribution in [1.82, 2.24) is 10.5 Å². The van der Waals surface area contributed by atoms with E-state index in [4.69, 9.17) is 9.26 Å². The third kappa shape index (κ3) is 3.77. The minimum atomic E-state index is -0.811. The number of hydrogen-bond donors (Lipinski definition) is 2. The number of carbonyl (C=O) groups excluding carboxylic acids is 3. The average Bonchev–Trinajstić information content (AvgIpc) is 3.21. The van der Waals surface area contributed by atoms with E-state index in [-0.39, 0.29) is 12.4 Å². The molecule has 1 aliphatic carbocycles. The van der Waals surface area contributed by atoms with E-state index in [1.54, 1.807) is 6.92 Å². The van der Waals surface area contributed by atoms with Gasteiger partial charge in [0.15, 0.2) is 0 Å². The molecule has 8 nitrogen and oxygen atoms in total. The van der Waals surface area contributed by atoms with E-state index in [9.17, 15) is 14.4 Å². The fraction of sp³-hybridized carbons (Fsp3) is 0.412. The summed E-state index contributed by atoms with van der Waals surface area (Å²) >= 11 is 1.35. The number of carbonyl (C=O) groups is 3. The van der Waals surface area contributed by atoms with Crippen molar-refractivity contribution >= 4 is 34.2 Å². The number of nitrogens with zero attached hydrogens (tertiary/aromatic N) is 1. The molecule has 0 aromatic carbocycles. The van der Waals surface area contributed by atoms with Crippen molar-refractivity contribution in [3.05, 3.63) is 34.0 Å². The van der Waals surface area contributed by atoms with E-state index >= 15 is 0 Å². The molecule has 2 N–H and O–H groups in total. The maximum Gasteiger partial charge on any atom is 0.414 e. The fourth-order valence-corrected chi connectivity index (χ4v) is 4.30. The van der Waals surface area contributed by atoms with Crippen LogP contribution in [0, 0.1) is 5.92 Å². The van der Waals surface area contributed by atoms with Crippen molar-refractivity contribution in [3.8, 4) is 0 Å². The van der Waals surface area contributed by atoms with E-state index < -0.39 is 17.9 Å². The first-order valence-corrected chi connectivity index (χ1v) is 9.15. The summed E-state index contributed by atoms with van der Waals surface area (Å²) in [6.45, 7) is 3.96. The SMILES string of the molecule is CCOC(=O)NC(=O)c1c(NC(=O)c2ccno2)sc2c1CCC(C)C2. The van der Waals surface area contributed by atoms with Gasteiger partial charge in [0.1, 0.15) is 5.00 Å². The van der Waals surface area contributed by atoms with Gasteiger partial charge in [0, 0.05) is 10.9 Å². The van der Waals surface area contributed by atoms with Crippen molar-refractivity contribution in [2.45, 2.75) is 33.1 Å². The number of fused-ring (bicyclic) bond motifs is 1. The smallest absolute Gasteiger partial charge is 0.414 e. The summed E-state index contributed by atoms with van der Waals surface area (Å²) in [6, 6.07) is 1.43. The molecular weight excluding hydrogens is 358 g/mol. The van der Waals surface area contributed by atoms with Gasteiger partial charge >= 0.3 is 6.09 Å². The zero-order chi connectivity index (χ0) is 18.7. The number of hydrogen-bond acceptors (Lipinski definition) is 7. The molecule has 0 fully saturated rings. The second-order valence-electron chi connectivity index (χ2n) is 6.06. The van der Waals surface area contributed by atoms with Gasteiger partial charge in [-0.25, -0.2) is 4.79 Å². The van der Waals surface area contributed by atoms with Crippen LogP contribution in [0.2, 0.25) is 0 Å². The first kappa shape index (κ1) is 18.1. The minimum Gasteiger partial charge on any atom is -0.450 e. The zero-order valence-electron chi connectivity index (χ0n) is 14.5. The standard InChI is InChI=1S/C17H19N3O5S/c1-3-24-17(23)20-15(22)13-10-5-4-9(2)8-12(10)26-16(13)19-14(21)11-6-7-18-25-11/h6-7,9H,3-5,8H2,1-2H3,(H,19,21)(H,20,22,23). The molecule has 2 aromatic heterocycles.